The van der Waals surface area contributed by atoms with Crippen molar-refractivity contribution in [1.82, 2.24) is 4.90 Å². The van der Waals surface area contributed by atoms with Crippen molar-refractivity contribution in [1.29, 1.82) is 0 Å². The second-order valence-corrected chi connectivity index (χ2v) is 5.12. The molecule has 3 heteroatoms. The predicted octanol–water partition coefficient (Wildman–Crippen LogP) is 3.16. The Morgan fingerprint density at radius 2 is 1.94 bits per heavy atom. The summed E-state index contributed by atoms with van der Waals surface area (Å²) in [5, 5.41) is 0. The van der Waals surface area contributed by atoms with Crippen LogP contribution in [-0.4, -0.2) is 23.8 Å². The van der Waals surface area contributed by atoms with E-state index in [4.69, 9.17) is 0 Å². The average molecular weight is 249 g/mol. The van der Waals surface area contributed by atoms with Gasteiger partial charge >= 0.3 is 0 Å². The number of rotatable bonds is 3. The molecule has 1 saturated carbocycles. The quantitative estimate of drug-likeness (QED) is 0.767. The Labute approximate surface area is 108 Å². The Morgan fingerprint density at radius 3 is 2.67 bits per heavy atom. The second kappa shape index (κ2) is 6.10. The van der Waals surface area contributed by atoms with E-state index in [0.29, 0.717) is 18.7 Å². The average Bonchev–Trinajstić information content (AvgIpc) is 2.57. The van der Waals surface area contributed by atoms with Crippen molar-refractivity contribution in [2.45, 2.75) is 44.7 Å². The van der Waals surface area contributed by atoms with E-state index in [1.807, 2.05) is 7.05 Å². The molecule has 0 N–H and O–H groups in total. The molecule has 1 unspecified atom stereocenters. The summed E-state index contributed by atoms with van der Waals surface area (Å²) >= 11 is 0. The molecule has 0 saturated heterocycles. The van der Waals surface area contributed by atoms with E-state index in [2.05, 4.69) is 4.90 Å². The molecule has 1 fully saturated rings. The third kappa shape index (κ3) is 3.39. The minimum absolute atomic E-state index is 0.0394. The van der Waals surface area contributed by atoms with Crippen LogP contribution in [0.2, 0.25) is 0 Å². The van der Waals surface area contributed by atoms with Crippen molar-refractivity contribution in [3.63, 3.8) is 0 Å². The van der Waals surface area contributed by atoms with Gasteiger partial charge in [0, 0.05) is 13.0 Å². The number of carbonyl (C=O) groups excluding carboxylic acids is 1. The zero-order valence-corrected chi connectivity index (χ0v) is 10.9. The summed E-state index contributed by atoms with van der Waals surface area (Å²) in [6, 6.07) is 6.55. The number of Topliss-reactive ketones (excluding diaryl/α,β-unsaturated/α-hetero) is 1. The van der Waals surface area contributed by atoms with Gasteiger partial charge in [0.15, 0.2) is 0 Å². The largest absolute Gasteiger partial charge is 0.298 e. The van der Waals surface area contributed by atoms with Gasteiger partial charge in [0.2, 0.25) is 0 Å². The van der Waals surface area contributed by atoms with Gasteiger partial charge in [-0.15, -0.1) is 0 Å². The molecule has 98 valence electrons. The Hall–Kier alpha value is -1.22. The lowest BCUT2D eigenvalue weighted by Crippen LogP contribution is -2.37. The lowest BCUT2D eigenvalue weighted by molar-refractivity contribution is -0.123. The molecule has 1 aliphatic rings. The fourth-order valence-electron chi connectivity index (χ4n) is 2.60. The summed E-state index contributed by atoms with van der Waals surface area (Å²) in [5.74, 6) is 0.143. The summed E-state index contributed by atoms with van der Waals surface area (Å²) in [6.07, 6.45) is 4.98. The van der Waals surface area contributed by atoms with Gasteiger partial charge in [-0.2, -0.15) is 0 Å². The number of benzene rings is 1. The maximum absolute atomic E-state index is 12.8. The summed E-state index contributed by atoms with van der Waals surface area (Å²) in [4.78, 5) is 14.1. The molecule has 0 aromatic heterocycles. The first-order valence-corrected chi connectivity index (χ1v) is 6.64. The highest BCUT2D eigenvalue weighted by atomic mass is 19.1. The van der Waals surface area contributed by atoms with Crippen molar-refractivity contribution >= 4 is 5.78 Å². The van der Waals surface area contributed by atoms with Crippen LogP contribution in [0.15, 0.2) is 24.3 Å². The van der Waals surface area contributed by atoms with Crippen LogP contribution in [0.1, 0.15) is 37.7 Å². The molecular formula is C15H20FNO. The Morgan fingerprint density at radius 1 is 1.22 bits per heavy atom. The molecule has 1 atom stereocenters. The number of hydrogen-bond acceptors (Lipinski definition) is 2. The number of ketones is 1. The lowest BCUT2D eigenvalue weighted by Gasteiger charge is -2.25. The maximum atomic E-state index is 12.8. The monoisotopic (exact) mass is 249 g/mol. The van der Waals surface area contributed by atoms with Crippen LogP contribution in [0, 0.1) is 5.82 Å². The fourth-order valence-corrected chi connectivity index (χ4v) is 2.60. The minimum atomic E-state index is -0.216. The third-order valence-electron chi connectivity index (χ3n) is 3.65. The van der Waals surface area contributed by atoms with E-state index in [1.54, 1.807) is 12.1 Å². The molecule has 0 amide bonds. The zero-order valence-electron chi connectivity index (χ0n) is 10.9. The van der Waals surface area contributed by atoms with Gasteiger partial charge in [-0.05, 0) is 37.6 Å². The molecule has 1 aromatic carbocycles. The van der Waals surface area contributed by atoms with Crippen LogP contribution in [0.3, 0.4) is 0 Å². The van der Waals surface area contributed by atoms with Gasteiger partial charge in [0.05, 0.1) is 6.04 Å². The number of carbonyl (C=O) groups is 1. The number of halogens is 1. The van der Waals surface area contributed by atoms with E-state index < -0.39 is 0 Å². The second-order valence-electron chi connectivity index (χ2n) is 5.12. The Balaban J connectivity index is 1.99. The van der Waals surface area contributed by atoms with E-state index in [0.717, 1.165) is 31.2 Å². The predicted molar refractivity (Wildman–Crippen MR) is 69.7 cm³/mol. The molecule has 0 heterocycles. The van der Waals surface area contributed by atoms with Crippen molar-refractivity contribution in [2.24, 2.45) is 0 Å². The first-order chi connectivity index (χ1) is 8.66. The molecule has 2 nitrogen and oxygen atoms in total. The smallest absolute Gasteiger partial charge is 0.149 e. The van der Waals surface area contributed by atoms with Crippen molar-refractivity contribution < 1.29 is 9.18 Å². The molecule has 18 heavy (non-hydrogen) atoms. The number of likely N-dealkylation sites (N-methyl/N-ethyl adjacent to an activating group) is 1. The SMILES string of the molecule is CN(Cc1ccc(F)cc1)C1CCCCCC1=O. The van der Waals surface area contributed by atoms with Crippen LogP contribution in [0.25, 0.3) is 0 Å². The zero-order chi connectivity index (χ0) is 13.0. The van der Waals surface area contributed by atoms with Crippen LogP contribution < -0.4 is 0 Å². The summed E-state index contributed by atoms with van der Waals surface area (Å²) < 4.78 is 12.8. The van der Waals surface area contributed by atoms with Gasteiger partial charge in [-0.1, -0.05) is 25.0 Å². The fraction of sp³-hybridized carbons (Fsp3) is 0.533. The number of hydrogen-bond donors (Lipinski definition) is 0. The van der Waals surface area contributed by atoms with Crippen LogP contribution >= 0.6 is 0 Å². The highest BCUT2D eigenvalue weighted by Gasteiger charge is 2.24. The summed E-state index contributed by atoms with van der Waals surface area (Å²) in [7, 11) is 1.98. The molecule has 1 aliphatic carbocycles. The van der Waals surface area contributed by atoms with Crippen molar-refractivity contribution in [2.75, 3.05) is 7.05 Å². The molecule has 1 aromatic rings. The lowest BCUT2D eigenvalue weighted by atomic mass is 10.1. The van der Waals surface area contributed by atoms with E-state index in [-0.39, 0.29) is 11.9 Å². The van der Waals surface area contributed by atoms with E-state index in [1.165, 1.54) is 12.1 Å². The topological polar surface area (TPSA) is 20.3 Å². The van der Waals surface area contributed by atoms with Crippen molar-refractivity contribution in [3.05, 3.63) is 35.6 Å². The first-order valence-electron chi connectivity index (χ1n) is 6.64. The van der Waals surface area contributed by atoms with Gasteiger partial charge in [0.1, 0.15) is 11.6 Å². The van der Waals surface area contributed by atoms with Gasteiger partial charge in [-0.25, -0.2) is 4.39 Å². The van der Waals surface area contributed by atoms with Crippen LogP contribution in [-0.2, 0) is 11.3 Å². The minimum Gasteiger partial charge on any atom is -0.298 e. The van der Waals surface area contributed by atoms with E-state index >= 15 is 0 Å². The Bertz CT molecular complexity index is 401. The van der Waals surface area contributed by atoms with Crippen LogP contribution in [0.4, 0.5) is 4.39 Å². The molecule has 2 rings (SSSR count). The number of nitrogens with zero attached hydrogens (tertiary/aromatic N) is 1. The molecule has 0 radical (unpaired) electrons. The van der Waals surface area contributed by atoms with Crippen LogP contribution in [0.5, 0.6) is 0 Å². The maximum Gasteiger partial charge on any atom is 0.149 e. The van der Waals surface area contributed by atoms with E-state index in [9.17, 15) is 9.18 Å². The summed E-state index contributed by atoms with van der Waals surface area (Å²) in [5.41, 5.74) is 1.05. The molecule has 0 spiro atoms. The molecular weight excluding hydrogens is 229 g/mol. The van der Waals surface area contributed by atoms with Gasteiger partial charge in [0.25, 0.3) is 0 Å². The molecule has 0 aliphatic heterocycles. The van der Waals surface area contributed by atoms with Gasteiger partial charge < -0.3 is 0 Å². The first kappa shape index (κ1) is 13.2. The highest BCUT2D eigenvalue weighted by Crippen LogP contribution is 2.20. The summed E-state index contributed by atoms with van der Waals surface area (Å²) in [6.45, 7) is 0.705. The van der Waals surface area contributed by atoms with Gasteiger partial charge in [-0.3, -0.25) is 9.69 Å². The van der Waals surface area contributed by atoms with Crippen molar-refractivity contribution in [3.8, 4) is 0 Å². The highest BCUT2D eigenvalue weighted by molar-refractivity contribution is 5.84. The standard InChI is InChI=1S/C15H20FNO/c1-17(11-12-7-9-13(16)10-8-12)14-5-3-2-4-6-15(14)18/h7-10,14H,2-6,11H2,1H3. The Kier molecular flexibility index (Phi) is 4.48. The molecule has 0 bridgehead atoms. The third-order valence-corrected chi connectivity index (χ3v) is 3.65. The normalized spacial score (nSPS) is 21.1.